The number of nitrogens with zero attached hydrogens (tertiary/aromatic N) is 1. The monoisotopic (exact) mass is 278 g/mol. The SMILES string of the molecule is COc1cc(C(=O)N(C)CCOCC2CC2)ccc1N. The minimum atomic E-state index is -0.0571. The van der Waals surface area contributed by atoms with E-state index in [9.17, 15) is 4.79 Å². The Morgan fingerprint density at radius 1 is 1.45 bits per heavy atom. The maximum absolute atomic E-state index is 12.2. The van der Waals surface area contributed by atoms with Gasteiger partial charge in [0.05, 0.1) is 19.4 Å². The van der Waals surface area contributed by atoms with E-state index in [-0.39, 0.29) is 5.91 Å². The van der Waals surface area contributed by atoms with Gasteiger partial charge in [-0.3, -0.25) is 4.79 Å². The van der Waals surface area contributed by atoms with E-state index in [0.29, 0.717) is 30.2 Å². The molecule has 0 radical (unpaired) electrons. The first kappa shape index (κ1) is 14.7. The molecule has 110 valence electrons. The number of likely N-dealkylation sites (N-methyl/N-ethyl adjacent to an activating group) is 1. The van der Waals surface area contributed by atoms with Crippen molar-refractivity contribution in [3.63, 3.8) is 0 Å². The van der Waals surface area contributed by atoms with Gasteiger partial charge in [-0.05, 0) is 37.0 Å². The van der Waals surface area contributed by atoms with Crippen LogP contribution in [0.15, 0.2) is 18.2 Å². The van der Waals surface area contributed by atoms with E-state index >= 15 is 0 Å². The highest BCUT2D eigenvalue weighted by atomic mass is 16.5. The van der Waals surface area contributed by atoms with Gasteiger partial charge < -0.3 is 20.1 Å². The van der Waals surface area contributed by atoms with Gasteiger partial charge >= 0.3 is 0 Å². The fourth-order valence-corrected chi connectivity index (χ4v) is 1.90. The highest BCUT2D eigenvalue weighted by molar-refractivity contribution is 5.95. The lowest BCUT2D eigenvalue weighted by Crippen LogP contribution is -2.30. The van der Waals surface area contributed by atoms with E-state index in [0.717, 1.165) is 12.5 Å². The lowest BCUT2D eigenvalue weighted by molar-refractivity contribution is 0.0681. The third-order valence-corrected chi connectivity index (χ3v) is 3.45. The molecule has 0 unspecified atom stereocenters. The van der Waals surface area contributed by atoms with Crippen molar-refractivity contribution in [3.05, 3.63) is 23.8 Å². The third-order valence-electron chi connectivity index (χ3n) is 3.45. The molecule has 0 spiro atoms. The first-order valence-corrected chi connectivity index (χ1v) is 6.88. The van der Waals surface area contributed by atoms with Crippen molar-refractivity contribution >= 4 is 11.6 Å². The molecule has 1 saturated carbocycles. The van der Waals surface area contributed by atoms with Crippen LogP contribution in [0.2, 0.25) is 0 Å². The number of benzene rings is 1. The van der Waals surface area contributed by atoms with Crippen LogP contribution in [0.5, 0.6) is 5.75 Å². The van der Waals surface area contributed by atoms with Crippen LogP contribution in [0.4, 0.5) is 5.69 Å². The molecule has 5 nitrogen and oxygen atoms in total. The summed E-state index contributed by atoms with van der Waals surface area (Å²) in [6, 6.07) is 5.06. The lowest BCUT2D eigenvalue weighted by Gasteiger charge is -2.18. The fourth-order valence-electron chi connectivity index (χ4n) is 1.90. The van der Waals surface area contributed by atoms with Gasteiger partial charge in [-0.2, -0.15) is 0 Å². The van der Waals surface area contributed by atoms with Gasteiger partial charge in [0, 0.05) is 25.8 Å². The molecule has 0 saturated heterocycles. The molecule has 0 aromatic heterocycles. The van der Waals surface area contributed by atoms with Crippen molar-refractivity contribution in [2.24, 2.45) is 5.92 Å². The molecule has 1 amide bonds. The van der Waals surface area contributed by atoms with E-state index in [4.69, 9.17) is 15.2 Å². The van der Waals surface area contributed by atoms with E-state index < -0.39 is 0 Å². The predicted molar refractivity (Wildman–Crippen MR) is 77.9 cm³/mol. The van der Waals surface area contributed by atoms with Crippen LogP contribution in [0, 0.1) is 5.92 Å². The zero-order chi connectivity index (χ0) is 14.5. The Balaban J connectivity index is 1.84. The molecular weight excluding hydrogens is 256 g/mol. The summed E-state index contributed by atoms with van der Waals surface area (Å²) in [6.07, 6.45) is 2.56. The number of amides is 1. The van der Waals surface area contributed by atoms with Gasteiger partial charge in [0.25, 0.3) is 5.91 Å². The highest BCUT2D eigenvalue weighted by Gasteiger charge is 2.21. The third kappa shape index (κ3) is 3.87. The molecule has 20 heavy (non-hydrogen) atoms. The summed E-state index contributed by atoms with van der Waals surface area (Å²) in [5, 5.41) is 0. The molecular formula is C15H22N2O3. The maximum Gasteiger partial charge on any atom is 0.253 e. The Hall–Kier alpha value is -1.75. The molecule has 1 aliphatic carbocycles. The number of carbonyl (C=O) groups is 1. The molecule has 2 N–H and O–H groups in total. The van der Waals surface area contributed by atoms with Crippen molar-refractivity contribution in [3.8, 4) is 5.75 Å². The Morgan fingerprint density at radius 3 is 2.85 bits per heavy atom. The minimum absolute atomic E-state index is 0.0571. The largest absolute Gasteiger partial charge is 0.495 e. The Labute approximate surface area is 119 Å². The Kier molecular flexibility index (Phi) is 4.84. The molecule has 0 heterocycles. The molecule has 2 rings (SSSR count). The van der Waals surface area contributed by atoms with Crippen LogP contribution in [0.1, 0.15) is 23.2 Å². The summed E-state index contributed by atoms with van der Waals surface area (Å²) in [5.41, 5.74) is 6.84. The summed E-state index contributed by atoms with van der Waals surface area (Å²) in [4.78, 5) is 13.9. The molecule has 1 fully saturated rings. The first-order valence-electron chi connectivity index (χ1n) is 6.88. The molecule has 1 aromatic carbocycles. The van der Waals surface area contributed by atoms with Gasteiger partial charge in [0.15, 0.2) is 0 Å². The number of hydrogen-bond donors (Lipinski definition) is 1. The summed E-state index contributed by atoms with van der Waals surface area (Å²) in [5.74, 6) is 1.21. The molecule has 1 aromatic rings. The first-order chi connectivity index (χ1) is 9.61. The smallest absolute Gasteiger partial charge is 0.253 e. The number of nitrogens with two attached hydrogens (primary N) is 1. The second-order valence-electron chi connectivity index (χ2n) is 5.20. The van der Waals surface area contributed by atoms with E-state index in [2.05, 4.69) is 0 Å². The van der Waals surface area contributed by atoms with Gasteiger partial charge in [0.1, 0.15) is 5.75 Å². The second kappa shape index (κ2) is 6.61. The van der Waals surface area contributed by atoms with Crippen LogP contribution in [-0.4, -0.2) is 44.7 Å². The highest BCUT2D eigenvalue weighted by Crippen LogP contribution is 2.28. The van der Waals surface area contributed by atoms with Crippen LogP contribution in [0.3, 0.4) is 0 Å². The lowest BCUT2D eigenvalue weighted by atomic mass is 10.1. The Bertz CT molecular complexity index is 472. The number of ether oxygens (including phenoxy) is 2. The van der Waals surface area contributed by atoms with Crippen molar-refractivity contribution in [1.82, 2.24) is 4.90 Å². The predicted octanol–water partition coefficient (Wildman–Crippen LogP) is 1.78. The average molecular weight is 278 g/mol. The van der Waals surface area contributed by atoms with Crippen LogP contribution >= 0.6 is 0 Å². The Morgan fingerprint density at radius 2 is 2.20 bits per heavy atom. The number of methoxy groups -OCH3 is 1. The molecule has 0 atom stereocenters. The van der Waals surface area contributed by atoms with Gasteiger partial charge in [0.2, 0.25) is 0 Å². The zero-order valence-electron chi connectivity index (χ0n) is 12.1. The normalized spacial score (nSPS) is 14.1. The fraction of sp³-hybridized carbons (Fsp3) is 0.533. The quantitative estimate of drug-likeness (QED) is 0.610. The number of hydrogen-bond acceptors (Lipinski definition) is 4. The number of anilines is 1. The summed E-state index contributed by atoms with van der Waals surface area (Å²) in [6.45, 7) is 1.97. The molecule has 0 aliphatic heterocycles. The maximum atomic E-state index is 12.2. The summed E-state index contributed by atoms with van der Waals surface area (Å²) < 4.78 is 10.7. The van der Waals surface area contributed by atoms with Crippen molar-refractivity contribution in [1.29, 1.82) is 0 Å². The van der Waals surface area contributed by atoms with Gasteiger partial charge in [-0.25, -0.2) is 0 Å². The number of carbonyl (C=O) groups excluding carboxylic acids is 1. The number of nitrogen functional groups attached to an aromatic ring is 1. The van der Waals surface area contributed by atoms with E-state index in [1.165, 1.54) is 20.0 Å². The summed E-state index contributed by atoms with van der Waals surface area (Å²) >= 11 is 0. The zero-order valence-corrected chi connectivity index (χ0v) is 12.1. The van der Waals surface area contributed by atoms with Gasteiger partial charge in [-0.15, -0.1) is 0 Å². The standard InChI is InChI=1S/C15H22N2O3/c1-17(7-8-20-10-11-3-4-11)15(18)12-5-6-13(16)14(9-12)19-2/h5-6,9,11H,3-4,7-8,10,16H2,1-2H3. The van der Waals surface area contributed by atoms with Crippen LogP contribution in [0.25, 0.3) is 0 Å². The van der Waals surface area contributed by atoms with Crippen molar-refractivity contribution in [2.75, 3.05) is 39.6 Å². The van der Waals surface area contributed by atoms with Gasteiger partial charge in [-0.1, -0.05) is 0 Å². The number of rotatable bonds is 7. The second-order valence-corrected chi connectivity index (χ2v) is 5.20. The van der Waals surface area contributed by atoms with Crippen molar-refractivity contribution in [2.45, 2.75) is 12.8 Å². The van der Waals surface area contributed by atoms with E-state index in [1.54, 1.807) is 30.1 Å². The topological polar surface area (TPSA) is 64.8 Å². The molecule has 0 bridgehead atoms. The minimum Gasteiger partial charge on any atom is -0.495 e. The molecule has 5 heteroatoms. The summed E-state index contributed by atoms with van der Waals surface area (Å²) in [7, 11) is 3.31. The van der Waals surface area contributed by atoms with E-state index in [1.807, 2.05) is 0 Å². The van der Waals surface area contributed by atoms with Crippen LogP contribution in [-0.2, 0) is 4.74 Å². The average Bonchev–Trinajstić information content (AvgIpc) is 3.27. The van der Waals surface area contributed by atoms with Crippen molar-refractivity contribution < 1.29 is 14.3 Å². The molecule has 1 aliphatic rings. The van der Waals surface area contributed by atoms with Crippen LogP contribution < -0.4 is 10.5 Å².